The molecular formula is C20H25N3O7S2. The molecule has 2 aromatic heterocycles. The molecule has 1 atom stereocenters. The number of carboxylic acid groups (broad SMARTS) is 1. The fourth-order valence-corrected chi connectivity index (χ4v) is 4.94. The van der Waals surface area contributed by atoms with Crippen molar-refractivity contribution in [3.8, 4) is 0 Å². The Morgan fingerprint density at radius 3 is 2.72 bits per heavy atom. The van der Waals surface area contributed by atoms with Crippen LogP contribution in [-0.2, 0) is 30.6 Å². The zero-order valence-electron chi connectivity index (χ0n) is 17.5. The molecule has 10 nitrogen and oxygen atoms in total. The molecule has 3 rings (SSSR count). The minimum atomic E-state index is -3.55. The minimum absolute atomic E-state index is 0.0377. The maximum absolute atomic E-state index is 13.1. The molecule has 0 bridgehead atoms. The highest BCUT2D eigenvalue weighted by Gasteiger charge is 2.28. The van der Waals surface area contributed by atoms with E-state index in [1.807, 2.05) is 0 Å². The molecule has 2 aromatic rings. The van der Waals surface area contributed by atoms with Crippen molar-refractivity contribution in [2.45, 2.75) is 43.0 Å². The number of carbonyl (C=O) groups excluding carboxylic acids is 1. The van der Waals surface area contributed by atoms with Gasteiger partial charge in [0.2, 0.25) is 5.91 Å². The fourth-order valence-electron chi connectivity index (χ4n) is 3.50. The number of ether oxygens (including phenoxy) is 1. The van der Waals surface area contributed by atoms with Crippen molar-refractivity contribution in [2.24, 2.45) is 5.92 Å². The smallest absolute Gasteiger partial charge is 0.303 e. The maximum Gasteiger partial charge on any atom is 0.303 e. The second kappa shape index (κ2) is 10.4. The van der Waals surface area contributed by atoms with Crippen molar-refractivity contribution in [2.75, 3.05) is 24.8 Å². The van der Waals surface area contributed by atoms with Gasteiger partial charge in [-0.2, -0.15) is 0 Å². The highest BCUT2D eigenvalue weighted by molar-refractivity contribution is 7.90. The summed E-state index contributed by atoms with van der Waals surface area (Å²) >= 11 is 1.18. The molecule has 1 aliphatic heterocycles. The number of aromatic nitrogens is 2. The molecule has 3 heterocycles. The van der Waals surface area contributed by atoms with Gasteiger partial charge in [-0.25, -0.2) is 13.4 Å². The predicted octanol–water partition coefficient (Wildman–Crippen LogP) is 1.72. The van der Waals surface area contributed by atoms with Crippen LogP contribution in [0, 0.1) is 5.92 Å². The first kappa shape index (κ1) is 24.1. The summed E-state index contributed by atoms with van der Waals surface area (Å²) in [6.45, 7) is 1.17. The largest absolute Gasteiger partial charge is 0.481 e. The van der Waals surface area contributed by atoms with Gasteiger partial charge < -0.3 is 19.7 Å². The number of aryl methyl sites for hydroxylation is 1. The first-order chi connectivity index (χ1) is 15.1. The predicted molar refractivity (Wildman–Crippen MR) is 118 cm³/mol. The van der Waals surface area contributed by atoms with Gasteiger partial charge >= 0.3 is 5.97 Å². The van der Waals surface area contributed by atoms with Gasteiger partial charge in [0.25, 0.3) is 5.56 Å². The number of amides is 1. The lowest BCUT2D eigenvalue weighted by molar-refractivity contribution is -0.137. The van der Waals surface area contributed by atoms with E-state index in [1.54, 1.807) is 0 Å². The SMILES string of the molecule is CS(=O)(=O)c1ccn(C(CC2CCOCC2)C(=O)Nc2ncc(CCC(=O)O)s2)c(=O)c1. The second-order valence-electron chi connectivity index (χ2n) is 7.70. The van der Waals surface area contributed by atoms with Gasteiger partial charge in [0.15, 0.2) is 15.0 Å². The highest BCUT2D eigenvalue weighted by Crippen LogP contribution is 2.27. The molecule has 0 saturated carbocycles. The van der Waals surface area contributed by atoms with Crippen LogP contribution in [0.25, 0.3) is 0 Å². The van der Waals surface area contributed by atoms with Crippen molar-refractivity contribution >= 4 is 38.2 Å². The average Bonchev–Trinajstić information content (AvgIpc) is 3.18. The Balaban J connectivity index is 1.83. The molecule has 0 aliphatic carbocycles. The fraction of sp³-hybridized carbons (Fsp3) is 0.500. The first-order valence-corrected chi connectivity index (χ1v) is 12.8. The first-order valence-electron chi connectivity index (χ1n) is 10.1. The normalized spacial score (nSPS) is 15.9. The molecule has 0 spiro atoms. The van der Waals surface area contributed by atoms with Crippen molar-refractivity contribution in [3.05, 3.63) is 39.8 Å². The van der Waals surface area contributed by atoms with E-state index in [4.69, 9.17) is 9.84 Å². The number of rotatable bonds is 9. The summed E-state index contributed by atoms with van der Waals surface area (Å²) in [6, 6.07) is 1.48. The number of thiazole rings is 1. The van der Waals surface area contributed by atoms with Gasteiger partial charge in [0, 0.05) is 42.8 Å². The number of carboxylic acids is 1. The summed E-state index contributed by atoms with van der Waals surface area (Å²) in [5.41, 5.74) is -0.582. The number of aliphatic carboxylic acids is 1. The zero-order chi connectivity index (χ0) is 23.3. The van der Waals surface area contributed by atoms with Crippen LogP contribution >= 0.6 is 11.3 Å². The molecule has 1 amide bonds. The molecule has 1 aliphatic rings. The Morgan fingerprint density at radius 1 is 1.38 bits per heavy atom. The lowest BCUT2D eigenvalue weighted by Gasteiger charge is -2.27. The Kier molecular flexibility index (Phi) is 7.80. The summed E-state index contributed by atoms with van der Waals surface area (Å²) in [5.74, 6) is -1.19. The van der Waals surface area contributed by atoms with E-state index in [1.165, 1.54) is 34.4 Å². The number of nitrogens with one attached hydrogen (secondary N) is 1. The van der Waals surface area contributed by atoms with Gasteiger partial charge in [0.05, 0.1) is 11.3 Å². The van der Waals surface area contributed by atoms with Crippen LogP contribution in [0.4, 0.5) is 5.13 Å². The summed E-state index contributed by atoms with van der Waals surface area (Å²) in [7, 11) is -3.55. The number of carbonyl (C=O) groups is 2. The summed E-state index contributed by atoms with van der Waals surface area (Å²) in [4.78, 5) is 41.3. The van der Waals surface area contributed by atoms with Crippen LogP contribution in [0.1, 0.15) is 36.6 Å². The van der Waals surface area contributed by atoms with Crippen molar-refractivity contribution in [1.29, 1.82) is 0 Å². The molecule has 1 unspecified atom stereocenters. The minimum Gasteiger partial charge on any atom is -0.481 e. The number of anilines is 1. The van der Waals surface area contributed by atoms with Gasteiger partial charge in [0.1, 0.15) is 6.04 Å². The highest BCUT2D eigenvalue weighted by atomic mass is 32.2. The van der Waals surface area contributed by atoms with E-state index in [-0.39, 0.29) is 17.2 Å². The molecule has 0 aromatic carbocycles. The third-order valence-corrected chi connectivity index (χ3v) is 7.34. The monoisotopic (exact) mass is 483 g/mol. The van der Waals surface area contributed by atoms with E-state index in [0.717, 1.165) is 30.0 Å². The number of hydrogen-bond acceptors (Lipinski definition) is 8. The molecule has 1 fully saturated rings. The average molecular weight is 484 g/mol. The molecular weight excluding hydrogens is 458 g/mol. The van der Waals surface area contributed by atoms with Gasteiger partial charge in [-0.1, -0.05) is 0 Å². The molecule has 0 radical (unpaired) electrons. The number of pyridine rings is 1. The van der Waals surface area contributed by atoms with Crippen molar-refractivity contribution in [1.82, 2.24) is 9.55 Å². The molecule has 174 valence electrons. The van der Waals surface area contributed by atoms with Gasteiger partial charge in [-0.15, -0.1) is 11.3 Å². The van der Waals surface area contributed by atoms with E-state index in [0.29, 0.717) is 31.2 Å². The molecule has 2 N–H and O–H groups in total. The summed E-state index contributed by atoms with van der Waals surface area (Å²) in [6.07, 6.45) is 6.05. The quantitative estimate of drug-likeness (QED) is 0.548. The van der Waals surface area contributed by atoms with Gasteiger partial charge in [-0.05, 0) is 37.7 Å². The lowest BCUT2D eigenvalue weighted by Crippen LogP contribution is -2.35. The Morgan fingerprint density at radius 2 is 2.09 bits per heavy atom. The third kappa shape index (κ3) is 6.47. The maximum atomic E-state index is 13.1. The van der Waals surface area contributed by atoms with Crippen LogP contribution in [0.2, 0.25) is 0 Å². The van der Waals surface area contributed by atoms with E-state index >= 15 is 0 Å². The topological polar surface area (TPSA) is 145 Å². The van der Waals surface area contributed by atoms with Crippen LogP contribution in [0.5, 0.6) is 0 Å². The van der Waals surface area contributed by atoms with Crippen LogP contribution < -0.4 is 10.9 Å². The van der Waals surface area contributed by atoms with E-state index < -0.39 is 33.3 Å². The second-order valence-corrected chi connectivity index (χ2v) is 10.8. The summed E-state index contributed by atoms with van der Waals surface area (Å²) in [5, 5.41) is 11.8. The Bertz CT molecular complexity index is 1130. The van der Waals surface area contributed by atoms with Crippen LogP contribution in [0.15, 0.2) is 34.2 Å². The van der Waals surface area contributed by atoms with Crippen LogP contribution in [0.3, 0.4) is 0 Å². The molecule has 32 heavy (non-hydrogen) atoms. The van der Waals surface area contributed by atoms with Crippen molar-refractivity contribution < 1.29 is 27.9 Å². The number of nitrogens with zero attached hydrogens (tertiary/aromatic N) is 2. The molecule has 12 heteroatoms. The lowest BCUT2D eigenvalue weighted by atomic mass is 9.92. The van der Waals surface area contributed by atoms with Gasteiger partial charge in [-0.3, -0.25) is 14.4 Å². The Labute approximate surface area is 189 Å². The third-order valence-electron chi connectivity index (χ3n) is 5.25. The van der Waals surface area contributed by atoms with E-state index in [9.17, 15) is 22.8 Å². The standard InChI is InChI=1S/C20H25N3O7S2/c1-32(28,29)15-4-7-23(17(24)11-15)16(10-13-5-8-30-9-6-13)19(27)22-20-21-12-14(31-20)2-3-18(25)26/h4,7,11-13,16H,2-3,5-6,8-10H2,1H3,(H,25,26)(H,21,22,27). The van der Waals surface area contributed by atoms with E-state index in [2.05, 4.69) is 10.3 Å². The Hall–Kier alpha value is -2.57. The number of sulfone groups is 1. The number of hydrogen-bond donors (Lipinski definition) is 2. The molecule has 1 saturated heterocycles. The van der Waals surface area contributed by atoms with Crippen molar-refractivity contribution in [3.63, 3.8) is 0 Å². The van der Waals surface area contributed by atoms with Crippen LogP contribution in [-0.4, -0.2) is 54.4 Å². The zero-order valence-corrected chi connectivity index (χ0v) is 19.2. The summed E-state index contributed by atoms with van der Waals surface area (Å²) < 4.78 is 30.2.